The van der Waals surface area contributed by atoms with Crippen LogP contribution in [0.4, 0.5) is 0 Å². The summed E-state index contributed by atoms with van der Waals surface area (Å²) in [5, 5.41) is 2.97. The summed E-state index contributed by atoms with van der Waals surface area (Å²) in [6.45, 7) is 7.16. The molecule has 0 aromatic carbocycles. The maximum absolute atomic E-state index is 11.5. The lowest BCUT2D eigenvalue weighted by Gasteiger charge is -2.13. The fourth-order valence-corrected chi connectivity index (χ4v) is 1.48. The van der Waals surface area contributed by atoms with Gasteiger partial charge in [-0.05, 0) is 24.2 Å². The Morgan fingerprint density at radius 3 is 2.54 bits per heavy atom. The van der Waals surface area contributed by atoms with Gasteiger partial charge in [0.05, 0.1) is 4.83 Å². The fourth-order valence-electron chi connectivity index (χ4n) is 1.32. The van der Waals surface area contributed by atoms with E-state index in [1.165, 1.54) is 6.42 Å². The molecule has 2 nitrogen and oxygen atoms in total. The Bertz CT molecular complexity index is 193. The quantitative estimate of drug-likeness (QED) is 0.759. The molecule has 0 saturated heterocycles. The van der Waals surface area contributed by atoms with Gasteiger partial charge in [-0.2, -0.15) is 0 Å². The largest absolute Gasteiger partial charge is 0.355 e. The van der Waals surface area contributed by atoms with Crippen molar-refractivity contribution in [3.63, 3.8) is 0 Å². The van der Waals surface area contributed by atoms with Gasteiger partial charge in [0.1, 0.15) is 0 Å². The first-order valence-electron chi connectivity index (χ1n) is 4.94. The molecule has 1 fully saturated rings. The molecule has 3 heteroatoms. The van der Waals surface area contributed by atoms with E-state index in [0.29, 0.717) is 5.92 Å². The first-order chi connectivity index (χ1) is 6.02. The average molecular weight is 248 g/mol. The normalized spacial score (nSPS) is 28.7. The van der Waals surface area contributed by atoms with E-state index in [-0.39, 0.29) is 10.7 Å². The molecular formula is C10H18BrNO. The standard InChI is InChI=1S/C10H18BrNO/c1-6(2)9(11)10(13)12-5-8-4-7(8)3/h6-9H,4-5H2,1-3H3,(H,12,13). The number of carbonyl (C=O) groups is 1. The van der Waals surface area contributed by atoms with E-state index in [2.05, 4.69) is 28.2 Å². The second-order valence-corrected chi connectivity index (χ2v) is 5.35. The zero-order valence-electron chi connectivity index (χ0n) is 8.51. The zero-order valence-corrected chi connectivity index (χ0v) is 10.1. The van der Waals surface area contributed by atoms with Crippen molar-refractivity contribution in [2.24, 2.45) is 17.8 Å². The topological polar surface area (TPSA) is 29.1 Å². The number of hydrogen-bond acceptors (Lipinski definition) is 1. The highest BCUT2D eigenvalue weighted by Crippen LogP contribution is 2.36. The van der Waals surface area contributed by atoms with Crippen LogP contribution in [-0.2, 0) is 4.79 Å². The van der Waals surface area contributed by atoms with Gasteiger partial charge in [-0.25, -0.2) is 0 Å². The Hall–Kier alpha value is -0.0500. The number of halogens is 1. The molecule has 0 aliphatic heterocycles. The second-order valence-electron chi connectivity index (χ2n) is 4.36. The molecule has 1 saturated carbocycles. The summed E-state index contributed by atoms with van der Waals surface area (Å²) in [6.07, 6.45) is 1.27. The number of amides is 1. The Balaban J connectivity index is 2.17. The minimum absolute atomic E-state index is 0.0402. The van der Waals surface area contributed by atoms with Gasteiger partial charge in [-0.3, -0.25) is 4.79 Å². The first kappa shape index (κ1) is 11.0. The summed E-state index contributed by atoms with van der Waals surface area (Å²) in [5.41, 5.74) is 0. The number of carbonyl (C=O) groups excluding carboxylic acids is 1. The Kier molecular flexibility index (Phi) is 3.77. The summed E-state index contributed by atoms with van der Waals surface area (Å²) in [6, 6.07) is 0. The highest BCUT2D eigenvalue weighted by atomic mass is 79.9. The van der Waals surface area contributed by atoms with Crippen molar-refractivity contribution in [3.8, 4) is 0 Å². The minimum atomic E-state index is -0.0402. The van der Waals surface area contributed by atoms with Crippen LogP contribution in [0, 0.1) is 17.8 Å². The molecular weight excluding hydrogens is 230 g/mol. The van der Waals surface area contributed by atoms with E-state index in [1.54, 1.807) is 0 Å². The van der Waals surface area contributed by atoms with Gasteiger partial charge in [0.15, 0.2) is 0 Å². The Labute approximate surface area is 88.6 Å². The van der Waals surface area contributed by atoms with Crippen molar-refractivity contribution < 1.29 is 4.79 Å². The molecule has 1 amide bonds. The van der Waals surface area contributed by atoms with Gasteiger partial charge >= 0.3 is 0 Å². The van der Waals surface area contributed by atoms with E-state index < -0.39 is 0 Å². The van der Waals surface area contributed by atoms with E-state index in [1.807, 2.05) is 13.8 Å². The van der Waals surface area contributed by atoms with Crippen LogP contribution < -0.4 is 5.32 Å². The van der Waals surface area contributed by atoms with Crippen molar-refractivity contribution in [3.05, 3.63) is 0 Å². The summed E-state index contributed by atoms with van der Waals surface area (Å²) >= 11 is 3.38. The van der Waals surface area contributed by atoms with Crippen LogP contribution in [0.1, 0.15) is 27.2 Å². The van der Waals surface area contributed by atoms with Gasteiger partial charge in [0.25, 0.3) is 0 Å². The van der Waals surface area contributed by atoms with Crippen LogP contribution in [0.3, 0.4) is 0 Å². The molecule has 1 N–H and O–H groups in total. The molecule has 3 atom stereocenters. The number of hydrogen-bond donors (Lipinski definition) is 1. The third kappa shape index (κ3) is 3.29. The van der Waals surface area contributed by atoms with Gasteiger partial charge in [0, 0.05) is 6.54 Å². The average Bonchev–Trinajstić information content (AvgIpc) is 2.76. The smallest absolute Gasteiger partial charge is 0.234 e. The third-order valence-electron chi connectivity index (χ3n) is 2.65. The lowest BCUT2D eigenvalue weighted by molar-refractivity contribution is -0.121. The molecule has 0 heterocycles. The zero-order chi connectivity index (χ0) is 10.0. The maximum atomic E-state index is 11.5. The number of nitrogens with one attached hydrogen (secondary N) is 1. The molecule has 0 radical (unpaired) electrons. The SMILES string of the molecule is CC(C)C(Br)C(=O)NCC1CC1C. The molecule has 0 bridgehead atoms. The third-order valence-corrected chi connectivity index (χ3v) is 4.12. The van der Waals surface area contributed by atoms with Gasteiger partial charge in [-0.1, -0.05) is 36.7 Å². The van der Waals surface area contributed by atoms with E-state index in [9.17, 15) is 4.79 Å². The lowest BCUT2D eigenvalue weighted by atomic mass is 10.1. The van der Waals surface area contributed by atoms with Crippen molar-refractivity contribution in [1.29, 1.82) is 0 Å². The van der Waals surface area contributed by atoms with Crippen LogP contribution in [0.25, 0.3) is 0 Å². The monoisotopic (exact) mass is 247 g/mol. The Morgan fingerprint density at radius 1 is 1.62 bits per heavy atom. The van der Waals surface area contributed by atoms with Crippen molar-refractivity contribution in [2.45, 2.75) is 32.0 Å². The van der Waals surface area contributed by atoms with Crippen LogP contribution in [-0.4, -0.2) is 17.3 Å². The number of rotatable bonds is 4. The van der Waals surface area contributed by atoms with E-state index in [4.69, 9.17) is 0 Å². The predicted octanol–water partition coefficient (Wildman–Crippen LogP) is 2.18. The van der Waals surface area contributed by atoms with Crippen molar-refractivity contribution in [1.82, 2.24) is 5.32 Å². The molecule has 1 aliphatic carbocycles. The highest BCUT2D eigenvalue weighted by Gasteiger charge is 2.33. The number of alkyl halides is 1. The molecule has 1 aliphatic rings. The first-order valence-corrected chi connectivity index (χ1v) is 5.85. The maximum Gasteiger partial charge on any atom is 0.234 e. The van der Waals surface area contributed by atoms with Gasteiger partial charge in [-0.15, -0.1) is 0 Å². The molecule has 3 unspecified atom stereocenters. The van der Waals surface area contributed by atoms with Crippen molar-refractivity contribution in [2.75, 3.05) is 6.54 Å². The summed E-state index contributed by atoms with van der Waals surface area (Å²) in [7, 11) is 0. The van der Waals surface area contributed by atoms with Crippen molar-refractivity contribution >= 4 is 21.8 Å². The minimum Gasteiger partial charge on any atom is -0.355 e. The van der Waals surface area contributed by atoms with E-state index in [0.717, 1.165) is 18.4 Å². The molecule has 0 spiro atoms. The molecule has 76 valence electrons. The molecule has 1 rings (SSSR count). The Morgan fingerprint density at radius 2 is 2.15 bits per heavy atom. The molecule has 13 heavy (non-hydrogen) atoms. The lowest BCUT2D eigenvalue weighted by Crippen LogP contribution is -2.35. The van der Waals surface area contributed by atoms with Crippen LogP contribution in [0.2, 0.25) is 0 Å². The molecule has 0 aromatic heterocycles. The van der Waals surface area contributed by atoms with Gasteiger partial charge < -0.3 is 5.32 Å². The summed E-state index contributed by atoms with van der Waals surface area (Å²) in [4.78, 5) is 11.4. The van der Waals surface area contributed by atoms with Crippen LogP contribution >= 0.6 is 15.9 Å². The summed E-state index contributed by atoms with van der Waals surface area (Å²) in [5.74, 6) is 2.04. The summed E-state index contributed by atoms with van der Waals surface area (Å²) < 4.78 is 0. The van der Waals surface area contributed by atoms with Crippen LogP contribution in [0.15, 0.2) is 0 Å². The van der Waals surface area contributed by atoms with Gasteiger partial charge in [0.2, 0.25) is 5.91 Å². The predicted molar refractivity (Wildman–Crippen MR) is 57.8 cm³/mol. The highest BCUT2D eigenvalue weighted by molar-refractivity contribution is 9.10. The van der Waals surface area contributed by atoms with E-state index >= 15 is 0 Å². The molecule has 0 aromatic rings. The van der Waals surface area contributed by atoms with Crippen LogP contribution in [0.5, 0.6) is 0 Å². The second kappa shape index (κ2) is 4.45. The fraction of sp³-hybridized carbons (Fsp3) is 0.900.